The van der Waals surface area contributed by atoms with Crippen LogP contribution in [-0.4, -0.2) is 28.3 Å². The number of halogens is 3. The van der Waals surface area contributed by atoms with E-state index >= 15 is 0 Å². The highest BCUT2D eigenvalue weighted by Gasteiger charge is 2.34. The van der Waals surface area contributed by atoms with Crippen LogP contribution >= 0.6 is 0 Å². The number of nitrogens with zero attached hydrogens (tertiary/aromatic N) is 3. The van der Waals surface area contributed by atoms with Crippen molar-refractivity contribution in [1.82, 2.24) is 15.1 Å². The maximum atomic E-state index is 13.0. The van der Waals surface area contributed by atoms with E-state index in [9.17, 15) is 18.0 Å². The number of aromatic nitrogens is 2. The maximum Gasteiger partial charge on any atom is 0.419 e. The molecule has 1 unspecified atom stereocenters. The number of rotatable bonds is 9. The second-order valence-corrected chi connectivity index (χ2v) is 7.05. The van der Waals surface area contributed by atoms with E-state index in [-0.39, 0.29) is 24.7 Å². The number of nitrogens with one attached hydrogen (secondary N) is 1. The Labute approximate surface area is 173 Å². The Bertz CT molecular complexity index is 916. The Kier molecular flexibility index (Phi) is 7.86. The highest BCUT2D eigenvalue weighted by molar-refractivity contribution is 5.76. The van der Waals surface area contributed by atoms with Gasteiger partial charge in [0.1, 0.15) is 12.4 Å². The predicted molar refractivity (Wildman–Crippen MR) is 105 cm³/mol. The van der Waals surface area contributed by atoms with Gasteiger partial charge in [-0.2, -0.15) is 23.5 Å². The second-order valence-electron chi connectivity index (χ2n) is 7.05. The summed E-state index contributed by atoms with van der Waals surface area (Å²) in [5.41, 5.74) is 1.86. The Morgan fingerprint density at radius 3 is 2.70 bits per heavy atom. The highest BCUT2D eigenvalue weighted by Crippen LogP contribution is 2.35. The van der Waals surface area contributed by atoms with Gasteiger partial charge in [0.25, 0.3) is 0 Å². The predicted octanol–water partition coefficient (Wildman–Crippen LogP) is 3.95. The van der Waals surface area contributed by atoms with Crippen molar-refractivity contribution in [2.45, 2.75) is 58.8 Å². The van der Waals surface area contributed by atoms with E-state index < -0.39 is 17.8 Å². The van der Waals surface area contributed by atoms with Crippen molar-refractivity contribution in [3.63, 3.8) is 0 Å². The Morgan fingerprint density at radius 1 is 1.33 bits per heavy atom. The summed E-state index contributed by atoms with van der Waals surface area (Å²) in [6.07, 6.45) is -3.44. The number of amides is 1. The molecule has 162 valence electrons. The molecule has 2 rings (SSSR count). The quantitative estimate of drug-likeness (QED) is 0.664. The molecule has 1 aromatic carbocycles. The first-order valence-electron chi connectivity index (χ1n) is 9.61. The zero-order chi connectivity index (χ0) is 22.3. The molecule has 9 heteroatoms. The molecule has 6 nitrogen and oxygen atoms in total. The summed E-state index contributed by atoms with van der Waals surface area (Å²) in [6.45, 7) is 5.85. The van der Waals surface area contributed by atoms with E-state index in [1.165, 1.54) is 18.2 Å². The average Bonchev–Trinajstić information content (AvgIpc) is 2.95. The summed E-state index contributed by atoms with van der Waals surface area (Å²) in [5, 5.41) is 15.9. The third-order valence-corrected chi connectivity index (χ3v) is 4.66. The normalized spacial score (nSPS) is 12.3. The van der Waals surface area contributed by atoms with Crippen LogP contribution in [0.1, 0.15) is 42.3 Å². The summed E-state index contributed by atoms with van der Waals surface area (Å²) in [6, 6.07) is 6.60. The minimum Gasteiger partial charge on any atom is -0.491 e. The summed E-state index contributed by atoms with van der Waals surface area (Å²) in [5.74, 6) is -0.485. The third-order valence-electron chi connectivity index (χ3n) is 4.66. The van der Waals surface area contributed by atoms with Crippen LogP contribution in [0.15, 0.2) is 24.3 Å². The molecule has 1 atom stereocenters. The molecule has 0 saturated heterocycles. The molecule has 2 aromatic rings. The van der Waals surface area contributed by atoms with Gasteiger partial charge in [-0.3, -0.25) is 9.48 Å². The lowest BCUT2D eigenvalue weighted by Gasteiger charge is -2.18. The van der Waals surface area contributed by atoms with Gasteiger partial charge in [0.05, 0.1) is 36.3 Å². The molecule has 1 amide bonds. The zero-order valence-corrected chi connectivity index (χ0v) is 17.2. The number of benzene rings is 1. The van der Waals surface area contributed by atoms with Crippen LogP contribution in [0.3, 0.4) is 0 Å². The molecular formula is C21H25F3N4O2. The molecule has 0 aliphatic carbocycles. The van der Waals surface area contributed by atoms with Crippen LogP contribution in [0.2, 0.25) is 0 Å². The fraction of sp³-hybridized carbons (Fsp3) is 0.476. The van der Waals surface area contributed by atoms with E-state index in [0.717, 1.165) is 23.0 Å². The topological polar surface area (TPSA) is 79.9 Å². The van der Waals surface area contributed by atoms with Gasteiger partial charge in [0, 0.05) is 12.1 Å². The van der Waals surface area contributed by atoms with Crippen LogP contribution in [0.4, 0.5) is 13.2 Å². The molecule has 0 saturated carbocycles. The van der Waals surface area contributed by atoms with E-state index in [0.29, 0.717) is 19.4 Å². The standard InChI is InChI=1S/C21H25F3N4O2/c1-14(13-30-19-8-5-4-7-18(19)21(22,23)24)26-20(29)10-9-17-15(2)27-28(16(17)3)12-6-11-25/h4-5,7-8,14H,6,9-10,12-13H2,1-3H3,(H,26,29). The van der Waals surface area contributed by atoms with Crippen molar-refractivity contribution >= 4 is 5.91 Å². The molecule has 0 aliphatic rings. The zero-order valence-electron chi connectivity index (χ0n) is 17.2. The molecule has 0 spiro atoms. The number of carbonyl (C=O) groups is 1. The first-order chi connectivity index (χ1) is 14.1. The molecule has 0 radical (unpaired) electrons. The monoisotopic (exact) mass is 422 g/mol. The molecule has 1 aromatic heterocycles. The minimum absolute atomic E-state index is 0.0804. The Hall–Kier alpha value is -3.02. The summed E-state index contributed by atoms with van der Waals surface area (Å²) >= 11 is 0. The van der Waals surface area contributed by atoms with E-state index in [1.54, 1.807) is 11.6 Å². The Balaban J connectivity index is 1.86. The fourth-order valence-corrected chi connectivity index (χ4v) is 3.14. The number of para-hydroxylation sites is 1. The first kappa shape index (κ1) is 23.3. The molecule has 1 heterocycles. The SMILES string of the molecule is Cc1nn(CCC#N)c(C)c1CCC(=O)NC(C)COc1ccccc1C(F)(F)F. The molecule has 0 bridgehead atoms. The summed E-state index contributed by atoms with van der Waals surface area (Å²) in [7, 11) is 0. The summed E-state index contributed by atoms with van der Waals surface area (Å²) < 4.78 is 46.1. The second kappa shape index (κ2) is 10.1. The molecular weight excluding hydrogens is 397 g/mol. The van der Waals surface area contributed by atoms with Gasteiger partial charge in [-0.15, -0.1) is 0 Å². The van der Waals surface area contributed by atoms with Crippen LogP contribution < -0.4 is 10.1 Å². The van der Waals surface area contributed by atoms with Crippen LogP contribution in [0.5, 0.6) is 5.75 Å². The van der Waals surface area contributed by atoms with Gasteiger partial charge >= 0.3 is 6.18 Å². The number of ether oxygens (including phenoxy) is 1. The maximum absolute atomic E-state index is 13.0. The van der Waals surface area contributed by atoms with Crippen molar-refractivity contribution in [3.05, 3.63) is 46.8 Å². The number of hydrogen-bond acceptors (Lipinski definition) is 4. The summed E-state index contributed by atoms with van der Waals surface area (Å²) in [4.78, 5) is 12.2. The molecule has 30 heavy (non-hydrogen) atoms. The van der Waals surface area contributed by atoms with Gasteiger partial charge in [-0.05, 0) is 44.9 Å². The number of nitriles is 1. The van der Waals surface area contributed by atoms with Gasteiger partial charge in [0.15, 0.2) is 0 Å². The minimum atomic E-state index is -4.50. The van der Waals surface area contributed by atoms with Gasteiger partial charge < -0.3 is 10.1 Å². The van der Waals surface area contributed by atoms with Crippen molar-refractivity contribution in [2.75, 3.05) is 6.61 Å². The van der Waals surface area contributed by atoms with E-state index in [2.05, 4.69) is 16.5 Å². The van der Waals surface area contributed by atoms with Crippen LogP contribution in [0.25, 0.3) is 0 Å². The molecule has 1 N–H and O–H groups in total. The third kappa shape index (κ3) is 6.24. The van der Waals surface area contributed by atoms with E-state index in [4.69, 9.17) is 10.00 Å². The van der Waals surface area contributed by atoms with Crippen molar-refractivity contribution in [3.8, 4) is 11.8 Å². The Morgan fingerprint density at radius 2 is 2.03 bits per heavy atom. The van der Waals surface area contributed by atoms with Gasteiger partial charge in [-0.25, -0.2) is 0 Å². The van der Waals surface area contributed by atoms with Crippen molar-refractivity contribution in [1.29, 1.82) is 5.26 Å². The van der Waals surface area contributed by atoms with Gasteiger partial charge in [0.2, 0.25) is 5.91 Å². The van der Waals surface area contributed by atoms with Crippen LogP contribution in [0, 0.1) is 25.2 Å². The highest BCUT2D eigenvalue weighted by atomic mass is 19.4. The first-order valence-corrected chi connectivity index (χ1v) is 9.61. The number of alkyl halides is 3. The fourth-order valence-electron chi connectivity index (χ4n) is 3.14. The lowest BCUT2D eigenvalue weighted by molar-refractivity contribution is -0.139. The van der Waals surface area contributed by atoms with Crippen molar-refractivity contribution < 1.29 is 22.7 Å². The van der Waals surface area contributed by atoms with Gasteiger partial charge in [-0.1, -0.05) is 12.1 Å². The average molecular weight is 422 g/mol. The van der Waals surface area contributed by atoms with Crippen molar-refractivity contribution in [2.24, 2.45) is 0 Å². The van der Waals surface area contributed by atoms with E-state index in [1.807, 2.05) is 13.8 Å². The lowest BCUT2D eigenvalue weighted by Crippen LogP contribution is -2.37. The molecule has 0 aliphatic heterocycles. The number of carbonyl (C=O) groups excluding carboxylic acids is 1. The van der Waals surface area contributed by atoms with Crippen LogP contribution in [-0.2, 0) is 23.9 Å². The smallest absolute Gasteiger partial charge is 0.419 e. The number of hydrogen-bond donors (Lipinski definition) is 1. The lowest BCUT2D eigenvalue weighted by atomic mass is 10.1. The largest absolute Gasteiger partial charge is 0.491 e. The number of aryl methyl sites for hydroxylation is 2. The molecule has 0 fully saturated rings.